The highest BCUT2D eigenvalue weighted by atomic mass is 79.9. The summed E-state index contributed by atoms with van der Waals surface area (Å²) in [5, 5.41) is 8.46. The molecule has 1 atom stereocenters. The smallest absolute Gasteiger partial charge is 0.243 e. The fourth-order valence-electron chi connectivity index (χ4n) is 4.56. The van der Waals surface area contributed by atoms with Crippen molar-refractivity contribution in [3.8, 4) is 0 Å². The van der Waals surface area contributed by atoms with Crippen LogP contribution in [0.2, 0.25) is 0 Å². The lowest BCUT2D eigenvalue weighted by atomic mass is 9.99. The number of hydrogen-bond acceptors (Lipinski definition) is 5. The Bertz CT molecular complexity index is 1470. The molecule has 0 saturated carbocycles. The van der Waals surface area contributed by atoms with Crippen molar-refractivity contribution < 1.29 is 17.2 Å². The Labute approximate surface area is 221 Å². The summed E-state index contributed by atoms with van der Waals surface area (Å²) in [6.45, 7) is 1.00. The van der Waals surface area contributed by atoms with E-state index in [1.807, 2.05) is 12.1 Å². The Morgan fingerprint density at radius 2 is 1.89 bits per heavy atom. The van der Waals surface area contributed by atoms with E-state index in [9.17, 15) is 17.2 Å². The molecule has 7 nitrogen and oxygen atoms in total. The van der Waals surface area contributed by atoms with Crippen LogP contribution in [0.1, 0.15) is 31.4 Å². The Hall–Kier alpha value is -2.34. The van der Waals surface area contributed by atoms with Crippen molar-refractivity contribution >= 4 is 54.6 Å². The molecule has 1 aliphatic heterocycles. The van der Waals surface area contributed by atoms with Crippen LogP contribution in [0.3, 0.4) is 0 Å². The van der Waals surface area contributed by atoms with E-state index in [0.717, 1.165) is 41.4 Å². The van der Waals surface area contributed by atoms with Crippen LogP contribution < -0.4 is 5.32 Å². The number of nitrogens with one attached hydrogen (secondary N) is 1. The molecule has 1 unspecified atom stereocenters. The molecule has 36 heavy (non-hydrogen) atoms. The van der Waals surface area contributed by atoms with Gasteiger partial charge in [-0.1, -0.05) is 23.8 Å². The molecule has 1 aliphatic carbocycles. The number of benzene rings is 1. The fraction of sp³-hybridized carbons (Fsp3) is 0.333. The van der Waals surface area contributed by atoms with Gasteiger partial charge in [0.2, 0.25) is 10.0 Å². The van der Waals surface area contributed by atoms with Crippen molar-refractivity contribution in [2.45, 2.75) is 30.6 Å². The highest BCUT2D eigenvalue weighted by Gasteiger charge is 2.31. The first kappa shape index (κ1) is 25.3. The van der Waals surface area contributed by atoms with E-state index in [0.29, 0.717) is 47.8 Å². The van der Waals surface area contributed by atoms with Gasteiger partial charge in [0.05, 0.1) is 21.3 Å². The third kappa shape index (κ3) is 5.06. The number of allylic oxidation sites excluding steroid dienone is 4. The second-order valence-electron chi connectivity index (χ2n) is 8.86. The SMILES string of the molecule is O=S(=O)(c1cc(F)cc(F)c1)N1CCCC(CNc2cc(C3=CCCC=C3Cl)nc3c(Br)cnn23)C1. The molecule has 12 heteroatoms. The Morgan fingerprint density at radius 3 is 2.64 bits per heavy atom. The van der Waals surface area contributed by atoms with Gasteiger partial charge in [-0.15, -0.1) is 0 Å². The standard InChI is InChI=1S/C24H23BrClF2N5O2S/c25-20-13-30-33-23(11-22(31-24(20)33)19-5-1-2-6-21(19)26)29-12-15-4-3-7-32(14-15)36(34,35)18-9-16(27)8-17(28)10-18/h5-6,8-11,13,15,29H,1-4,7,12,14H2. The first-order valence-corrected chi connectivity index (χ1v) is 14.1. The second kappa shape index (κ2) is 10.2. The van der Waals surface area contributed by atoms with Gasteiger partial charge in [0, 0.05) is 42.4 Å². The van der Waals surface area contributed by atoms with E-state index in [-0.39, 0.29) is 17.4 Å². The van der Waals surface area contributed by atoms with Crippen LogP contribution in [0, 0.1) is 17.6 Å². The van der Waals surface area contributed by atoms with Crippen molar-refractivity contribution in [3.05, 3.63) is 69.4 Å². The van der Waals surface area contributed by atoms with E-state index in [2.05, 4.69) is 32.4 Å². The third-order valence-corrected chi connectivity index (χ3v) is 9.09. The molecule has 190 valence electrons. The van der Waals surface area contributed by atoms with Crippen LogP contribution >= 0.6 is 27.5 Å². The Morgan fingerprint density at radius 1 is 1.14 bits per heavy atom. The number of nitrogens with zero attached hydrogens (tertiary/aromatic N) is 4. The monoisotopic (exact) mass is 597 g/mol. The zero-order chi connectivity index (χ0) is 25.4. The summed E-state index contributed by atoms with van der Waals surface area (Å²) in [5.41, 5.74) is 2.21. The number of rotatable bonds is 6. The topological polar surface area (TPSA) is 79.6 Å². The summed E-state index contributed by atoms with van der Waals surface area (Å²) in [4.78, 5) is 4.35. The molecule has 0 bridgehead atoms. The van der Waals surface area contributed by atoms with Gasteiger partial charge in [-0.2, -0.15) is 13.9 Å². The van der Waals surface area contributed by atoms with Crippen LogP contribution in [0.4, 0.5) is 14.6 Å². The summed E-state index contributed by atoms with van der Waals surface area (Å²) < 4.78 is 57.2. The average Bonchev–Trinajstić information content (AvgIpc) is 3.23. The zero-order valence-electron chi connectivity index (χ0n) is 19.1. The van der Waals surface area contributed by atoms with Crippen LogP contribution in [0.5, 0.6) is 0 Å². The molecule has 1 fully saturated rings. The molecule has 0 spiro atoms. The Balaban J connectivity index is 1.37. The van der Waals surface area contributed by atoms with Crippen LogP contribution in [-0.2, 0) is 10.0 Å². The van der Waals surface area contributed by atoms with Gasteiger partial charge in [0.1, 0.15) is 17.5 Å². The predicted molar refractivity (Wildman–Crippen MR) is 138 cm³/mol. The summed E-state index contributed by atoms with van der Waals surface area (Å²) >= 11 is 9.95. The summed E-state index contributed by atoms with van der Waals surface area (Å²) in [7, 11) is -4.02. The van der Waals surface area contributed by atoms with E-state index < -0.39 is 21.7 Å². The number of halogens is 4. The highest BCUT2D eigenvalue weighted by molar-refractivity contribution is 9.10. The van der Waals surface area contributed by atoms with Gasteiger partial charge < -0.3 is 5.32 Å². The molecule has 0 amide bonds. The third-order valence-electron chi connectivity index (χ3n) is 6.33. The lowest BCUT2D eigenvalue weighted by Gasteiger charge is -2.32. The zero-order valence-corrected chi connectivity index (χ0v) is 22.3. The van der Waals surface area contributed by atoms with Crippen molar-refractivity contribution in [3.63, 3.8) is 0 Å². The van der Waals surface area contributed by atoms with Gasteiger partial charge >= 0.3 is 0 Å². The van der Waals surface area contributed by atoms with Crippen LogP contribution in [-0.4, -0.2) is 47.0 Å². The fourth-order valence-corrected chi connectivity index (χ4v) is 6.79. The maximum atomic E-state index is 13.7. The second-order valence-corrected chi connectivity index (χ2v) is 12.1. The first-order valence-electron chi connectivity index (χ1n) is 11.5. The molecule has 3 heterocycles. The minimum Gasteiger partial charge on any atom is -0.370 e. The molecule has 1 saturated heterocycles. The number of anilines is 1. The molecule has 1 N–H and O–H groups in total. The van der Waals surface area contributed by atoms with Gasteiger partial charge in [-0.05, 0) is 59.7 Å². The molecule has 2 aliphatic rings. The van der Waals surface area contributed by atoms with Gasteiger partial charge in [0.15, 0.2) is 5.65 Å². The summed E-state index contributed by atoms with van der Waals surface area (Å²) in [6, 6.07) is 4.24. The maximum absolute atomic E-state index is 13.7. The summed E-state index contributed by atoms with van der Waals surface area (Å²) in [5.74, 6) is -1.16. The van der Waals surface area contributed by atoms with Crippen LogP contribution in [0.15, 0.2) is 57.0 Å². The molecule has 5 rings (SSSR count). The minimum atomic E-state index is -4.02. The van der Waals surface area contributed by atoms with Crippen LogP contribution in [0.25, 0.3) is 11.2 Å². The number of piperidine rings is 1. The quantitative estimate of drug-likeness (QED) is 0.401. The molecular formula is C24H23BrClF2N5O2S. The van der Waals surface area contributed by atoms with Crippen molar-refractivity contribution in [2.24, 2.45) is 5.92 Å². The predicted octanol–water partition coefficient (Wildman–Crippen LogP) is 5.58. The number of fused-ring (bicyclic) bond motifs is 1. The molecular weight excluding hydrogens is 576 g/mol. The highest BCUT2D eigenvalue weighted by Crippen LogP contribution is 2.33. The molecule has 3 aromatic rings. The number of sulfonamides is 1. The lowest BCUT2D eigenvalue weighted by Crippen LogP contribution is -2.41. The van der Waals surface area contributed by atoms with Crippen molar-refractivity contribution in [1.82, 2.24) is 18.9 Å². The van der Waals surface area contributed by atoms with Crippen molar-refractivity contribution in [2.75, 3.05) is 25.0 Å². The number of aromatic nitrogens is 3. The average molecular weight is 599 g/mol. The van der Waals surface area contributed by atoms with E-state index in [1.54, 1.807) is 10.7 Å². The summed E-state index contributed by atoms with van der Waals surface area (Å²) in [6.07, 6.45) is 8.91. The first-order chi connectivity index (χ1) is 17.2. The maximum Gasteiger partial charge on any atom is 0.243 e. The number of hydrogen-bond donors (Lipinski definition) is 1. The molecule has 0 radical (unpaired) electrons. The lowest BCUT2D eigenvalue weighted by molar-refractivity contribution is 0.275. The van der Waals surface area contributed by atoms with Gasteiger partial charge in [0.25, 0.3) is 0 Å². The minimum absolute atomic E-state index is 0.0185. The van der Waals surface area contributed by atoms with Gasteiger partial charge in [-0.3, -0.25) is 0 Å². The van der Waals surface area contributed by atoms with Gasteiger partial charge in [-0.25, -0.2) is 22.2 Å². The van der Waals surface area contributed by atoms with Crippen molar-refractivity contribution in [1.29, 1.82) is 0 Å². The molecule has 2 aromatic heterocycles. The Kier molecular flexibility index (Phi) is 7.17. The van der Waals surface area contributed by atoms with E-state index in [4.69, 9.17) is 16.6 Å². The van der Waals surface area contributed by atoms with E-state index in [1.165, 1.54) is 4.31 Å². The molecule has 1 aromatic carbocycles. The normalized spacial score (nSPS) is 19.3. The largest absolute Gasteiger partial charge is 0.370 e. The van der Waals surface area contributed by atoms with E-state index >= 15 is 0 Å².